The molecule has 2 aromatic carbocycles. The van der Waals surface area contributed by atoms with Gasteiger partial charge in [-0.15, -0.1) is 0 Å². The third kappa shape index (κ3) is 3.21. The number of ether oxygens (including phenoxy) is 2. The van der Waals surface area contributed by atoms with Crippen molar-refractivity contribution in [3.05, 3.63) is 53.9 Å². The second-order valence-electron chi connectivity index (χ2n) is 7.02. The number of carbonyl (C=O) groups is 1. The quantitative estimate of drug-likeness (QED) is 0.727. The van der Waals surface area contributed by atoms with Crippen LogP contribution in [0.25, 0.3) is 11.4 Å². The molecule has 0 radical (unpaired) electrons. The van der Waals surface area contributed by atoms with Crippen LogP contribution in [0.1, 0.15) is 23.8 Å². The number of nitrogens with two attached hydrogens (primary N) is 1. The van der Waals surface area contributed by atoms with Gasteiger partial charge in [0.15, 0.2) is 11.5 Å². The summed E-state index contributed by atoms with van der Waals surface area (Å²) in [6.45, 7) is 2.09. The molecule has 1 atom stereocenters. The highest BCUT2D eigenvalue weighted by Crippen LogP contribution is 2.37. The molecule has 1 fully saturated rings. The average Bonchev–Trinajstić information content (AvgIpc) is 3.40. The van der Waals surface area contributed by atoms with Gasteiger partial charge in [0.05, 0.1) is 0 Å². The van der Waals surface area contributed by atoms with Gasteiger partial charge < -0.3 is 24.6 Å². The third-order valence-electron chi connectivity index (χ3n) is 5.23. The van der Waals surface area contributed by atoms with E-state index in [2.05, 4.69) is 10.1 Å². The van der Waals surface area contributed by atoms with Crippen molar-refractivity contribution in [3.63, 3.8) is 0 Å². The minimum Gasteiger partial charge on any atom is -0.486 e. The summed E-state index contributed by atoms with van der Waals surface area (Å²) in [6.07, 6.45) is 0.612. The zero-order chi connectivity index (χ0) is 19.8. The van der Waals surface area contributed by atoms with Crippen molar-refractivity contribution in [1.82, 2.24) is 10.1 Å². The second kappa shape index (κ2) is 7.21. The lowest BCUT2D eigenvalue weighted by molar-refractivity contribution is -0.118. The Morgan fingerprint density at radius 3 is 2.66 bits per heavy atom. The molecule has 1 saturated heterocycles. The minimum atomic E-state index is -0.451. The summed E-state index contributed by atoms with van der Waals surface area (Å²) in [4.78, 5) is 19.2. The molecule has 8 heteroatoms. The van der Waals surface area contributed by atoms with E-state index < -0.39 is 5.92 Å². The lowest BCUT2D eigenvalue weighted by Gasteiger charge is -2.22. The molecule has 2 aliphatic heterocycles. The van der Waals surface area contributed by atoms with Crippen molar-refractivity contribution in [2.45, 2.75) is 18.9 Å². The molecule has 8 nitrogen and oxygen atoms in total. The molecule has 0 spiro atoms. The van der Waals surface area contributed by atoms with Crippen molar-refractivity contribution in [3.8, 4) is 22.9 Å². The Balaban J connectivity index is 1.35. The van der Waals surface area contributed by atoms with E-state index in [0.717, 1.165) is 16.8 Å². The molecule has 0 aliphatic carbocycles. The zero-order valence-electron chi connectivity index (χ0n) is 15.7. The van der Waals surface area contributed by atoms with E-state index in [4.69, 9.17) is 19.7 Å². The van der Waals surface area contributed by atoms with E-state index in [9.17, 15) is 4.79 Å². The van der Waals surface area contributed by atoms with Crippen molar-refractivity contribution in [2.24, 2.45) is 5.73 Å². The Morgan fingerprint density at radius 1 is 1.07 bits per heavy atom. The van der Waals surface area contributed by atoms with Gasteiger partial charge in [0.2, 0.25) is 17.6 Å². The lowest BCUT2D eigenvalue weighted by Crippen LogP contribution is -2.26. The number of rotatable bonds is 4. The molecule has 29 heavy (non-hydrogen) atoms. The van der Waals surface area contributed by atoms with Gasteiger partial charge in [-0.3, -0.25) is 4.79 Å². The van der Waals surface area contributed by atoms with Crippen molar-refractivity contribution in [1.29, 1.82) is 0 Å². The summed E-state index contributed by atoms with van der Waals surface area (Å²) in [5, 5.41) is 4.05. The summed E-state index contributed by atoms with van der Waals surface area (Å²) in [5.74, 6) is 1.65. The molecule has 0 bridgehead atoms. The van der Waals surface area contributed by atoms with Crippen LogP contribution in [0.5, 0.6) is 11.5 Å². The van der Waals surface area contributed by atoms with E-state index in [-0.39, 0.29) is 5.91 Å². The number of hydrogen-bond donors (Lipinski definition) is 1. The fourth-order valence-electron chi connectivity index (χ4n) is 3.65. The standard InChI is InChI=1S/C21H20N4O4/c22-12-13-1-3-14(4-2-13)19-23-20(29-24-19)16-7-8-25(21(16)26)15-5-6-17-18(11-15)28-10-9-27-17/h1-6,11,16H,7-10,12,22H2. The number of nitrogens with zero attached hydrogens (tertiary/aromatic N) is 3. The maximum atomic E-state index is 13.0. The zero-order valence-corrected chi connectivity index (χ0v) is 15.7. The van der Waals surface area contributed by atoms with E-state index in [1.165, 1.54) is 0 Å². The first-order valence-corrected chi connectivity index (χ1v) is 9.57. The fraction of sp³-hybridized carbons (Fsp3) is 0.286. The summed E-state index contributed by atoms with van der Waals surface area (Å²) >= 11 is 0. The van der Waals surface area contributed by atoms with Gasteiger partial charge in [-0.05, 0) is 24.1 Å². The van der Waals surface area contributed by atoms with Crippen LogP contribution in [-0.2, 0) is 11.3 Å². The molecule has 1 amide bonds. The van der Waals surface area contributed by atoms with Crippen molar-refractivity contribution < 1.29 is 18.8 Å². The number of benzene rings is 2. The molecule has 148 valence electrons. The maximum Gasteiger partial charge on any atom is 0.239 e. The highest BCUT2D eigenvalue weighted by Gasteiger charge is 2.38. The van der Waals surface area contributed by atoms with Gasteiger partial charge in [-0.25, -0.2) is 0 Å². The normalized spacial score (nSPS) is 18.3. The SMILES string of the molecule is NCc1ccc(-c2noc(C3CCN(c4ccc5c(c4)OCCO5)C3=O)n2)cc1. The van der Waals surface area contributed by atoms with Crippen LogP contribution in [0.4, 0.5) is 5.69 Å². The molecular weight excluding hydrogens is 372 g/mol. The average molecular weight is 392 g/mol. The van der Waals surface area contributed by atoms with Crippen molar-refractivity contribution in [2.75, 3.05) is 24.7 Å². The molecule has 0 saturated carbocycles. The molecule has 2 N–H and O–H groups in total. The Kier molecular flexibility index (Phi) is 4.40. The Bertz CT molecular complexity index is 1050. The second-order valence-corrected chi connectivity index (χ2v) is 7.02. The largest absolute Gasteiger partial charge is 0.486 e. The minimum absolute atomic E-state index is 0.0599. The Morgan fingerprint density at radius 2 is 1.86 bits per heavy atom. The first-order valence-electron chi connectivity index (χ1n) is 9.57. The summed E-state index contributed by atoms with van der Waals surface area (Å²) in [6, 6.07) is 13.2. The number of carbonyl (C=O) groups excluding carboxylic acids is 1. The van der Waals surface area contributed by atoms with Crippen LogP contribution in [0, 0.1) is 0 Å². The summed E-state index contributed by atoms with van der Waals surface area (Å²) < 4.78 is 16.6. The molecule has 1 unspecified atom stereocenters. The molecule has 3 aromatic rings. The predicted octanol–water partition coefficient (Wildman–Crippen LogP) is 2.49. The van der Waals surface area contributed by atoms with Crippen molar-refractivity contribution >= 4 is 11.6 Å². The van der Waals surface area contributed by atoms with Crippen LogP contribution in [0.3, 0.4) is 0 Å². The Hall–Kier alpha value is -3.39. The maximum absolute atomic E-state index is 13.0. The van der Waals surface area contributed by atoms with Crippen LogP contribution >= 0.6 is 0 Å². The first-order chi connectivity index (χ1) is 14.2. The number of anilines is 1. The fourth-order valence-corrected chi connectivity index (χ4v) is 3.65. The number of amides is 1. The topological polar surface area (TPSA) is 104 Å². The van der Waals surface area contributed by atoms with Gasteiger partial charge in [-0.1, -0.05) is 29.4 Å². The molecule has 5 rings (SSSR count). The highest BCUT2D eigenvalue weighted by atomic mass is 16.6. The summed E-state index contributed by atoms with van der Waals surface area (Å²) in [7, 11) is 0. The van der Waals surface area contributed by atoms with Crippen LogP contribution in [-0.4, -0.2) is 35.8 Å². The monoisotopic (exact) mass is 392 g/mol. The van der Waals surface area contributed by atoms with E-state index in [0.29, 0.717) is 55.9 Å². The van der Waals surface area contributed by atoms with Gasteiger partial charge in [0, 0.05) is 30.4 Å². The lowest BCUT2D eigenvalue weighted by atomic mass is 10.1. The van der Waals surface area contributed by atoms with Gasteiger partial charge in [0.25, 0.3) is 0 Å². The number of hydrogen-bond acceptors (Lipinski definition) is 7. The van der Waals surface area contributed by atoms with Gasteiger partial charge >= 0.3 is 0 Å². The molecule has 3 heterocycles. The Labute approximate surface area is 167 Å². The summed E-state index contributed by atoms with van der Waals surface area (Å²) in [5.41, 5.74) is 8.26. The van der Waals surface area contributed by atoms with E-state index in [1.807, 2.05) is 42.5 Å². The van der Waals surface area contributed by atoms with Crippen LogP contribution < -0.4 is 20.1 Å². The smallest absolute Gasteiger partial charge is 0.239 e. The highest BCUT2D eigenvalue weighted by molar-refractivity contribution is 6.00. The van der Waals surface area contributed by atoms with Crippen LogP contribution in [0.2, 0.25) is 0 Å². The molecular formula is C21H20N4O4. The molecule has 2 aliphatic rings. The van der Waals surface area contributed by atoms with Gasteiger partial charge in [-0.2, -0.15) is 4.98 Å². The predicted molar refractivity (Wildman–Crippen MR) is 105 cm³/mol. The number of aromatic nitrogens is 2. The van der Waals surface area contributed by atoms with E-state index in [1.54, 1.807) is 4.90 Å². The third-order valence-corrected chi connectivity index (χ3v) is 5.23. The van der Waals surface area contributed by atoms with E-state index >= 15 is 0 Å². The number of fused-ring (bicyclic) bond motifs is 1. The first kappa shape index (κ1) is 17.7. The van der Waals surface area contributed by atoms with Crippen LogP contribution in [0.15, 0.2) is 47.0 Å². The van der Waals surface area contributed by atoms with Gasteiger partial charge in [0.1, 0.15) is 19.1 Å². The molecule has 1 aromatic heterocycles.